The molecule has 2 rings (SSSR count). The Labute approximate surface area is 140 Å². The van der Waals surface area contributed by atoms with Crippen LogP contribution in [0.3, 0.4) is 0 Å². The molecule has 0 spiro atoms. The largest absolute Gasteiger partial charge is 0.504 e. The molecule has 0 aliphatic carbocycles. The van der Waals surface area contributed by atoms with Crippen LogP contribution in [0.4, 0.5) is 16.2 Å². The Balaban J connectivity index is 2.68. The number of rotatable bonds is 2. The molecular formula is C13H8Cl4N2O2. The van der Waals surface area contributed by atoms with Gasteiger partial charge in [-0.25, -0.2) is 4.79 Å². The van der Waals surface area contributed by atoms with E-state index in [1.807, 2.05) is 0 Å². The smallest absolute Gasteiger partial charge is 0.324 e. The first-order valence-electron chi connectivity index (χ1n) is 5.55. The molecule has 0 heterocycles. The lowest BCUT2D eigenvalue weighted by molar-refractivity contribution is 0.256. The standard InChI is InChI=1S/C13H8Cl4N2O2/c14-6-2-1-3-8(10(6)16)19(13(18)21)9-5-4-7(15)11(17)12(9)20/h1-5,20H,(H2,18,21). The Hall–Kier alpha value is -1.33. The summed E-state index contributed by atoms with van der Waals surface area (Å²) < 4.78 is 0. The molecule has 0 aliphatic rings. The molecule has 0 atom stereocenters. The number of hydrogen-bond acceptors (Lipinski definition) is 2. The van der Waals surface area contributed by atoms with Crippen molar-refractivity contribution in [3.05, 3.63) is 50.4 Å². The third-order valence-electron chi connectivity index (χ3n) is 2.68. The minimum Gasteiger partial charge on any atom is -0.504 e. The summed E-state index contributed by atoms with van der Waals surface area (Å²) >= 11 is 23.7. The lowest BCUT2D eigenvalue weighted by Gasteiger charge is -2.23. The summed E-state index contributed by atoms with van der Waals surface area (Å²) in [7, 11) is 0. The Morgan fingerprint density at radius 3 is 2.19 bits per heavy atom. The summed E-state index contributed by atoms with van der Waals surface area (Å²) in [5, 5.41) is 10.5. The van der Waals surface area contributed by atoms with E-state index >= 15 is 0 Å². The van der Waals surface area contributed by atoms with Crippen molar-refractivity contribution in [2.24, 2.45) is 5.73 Å². The summed E-state index contributed by atoms with van der Waals surface area (Å²) in [4.78, 5) is 12.8. The summed E-state index contributed by atoms with van der Waals surface area (Å²) in [6.07, 6.45) is 0. The molecule has 0 saturated carbocycles. The Morgan fingerprint density at radius 2 is 1.57 bits per heavy atom. The Morgan fingerprint density at radius 1 is 0.952 bits per heavy atom. The number of carbonyl (C=O) groups is 1. The lowest BCUT2D eigenvalue weighted by atomic mass is 10.2. The highest BCUT2D eigenvalue weighted by Crippen LogP contribution is 2.44. The van der Waals surface area contributed by atoms with Gasteiger partial charge in [0.15, 0.2) is 5.75 Å². The fraction of sp³-hybridized carbons (Fsp3) is 0. The number of nitrogens with zero attached hydrogens (tertiary/aromatic N) is 1. The fourth-order valence-electron chi connectivity index (χ4n) is 1.74. The van der Waals surface area contributed by atoms with Crippen LogP contribution in [0.1, 0.15) is 0 Å². The molecule has 0 saturated heterocycles. The number of benzene rings is 2. The zero-order chi connectivity index (χ0) is 15.7. The van der Waals surface area contributed by atoms with Crippen molar-refractivity contribution >= 4 is 63.8 Å². The van der Waals surface area contributed by atoms with Crippen molar-refractivity contribution in [2.45, 2.75) is 0 Å². The van der Waals surface area contributed by atoms with Crippen LogP contribution in [0.5, 0.6) is 5.75 Å². The maximum atomic E-state index is 11.8. The third-order valence-corrected chi connectivity index (χ3v) is 4.28. The van der Waals surface area contributed by atoms with E-state index in [2.05, 4.69) is 0 Å². The number of carbonyl (C=O) groups excluding carboxylic acids is 1. The van der Waals surface area contributed by atoms with Gasteiger partial charge in [0.1, 0.15) is 5.02 Å². The van der Waals surface area contributed by atoms with Crippen molar-refractivity contribution < 1.29 is 9.90 Å². The van der Waals surface area contributed by atoms with E-state index in [-0.39, 0.29) is 37.2 Å². The quantitative estimate of drug-likeness (QED) is 0.765. The van der Waals surface area contributed by atoms with Crippen LogP contribution in [-0.2, 0) is 0 Å². The minimum atomic E-state index is -0.868. The molecule has 0 bridgehead atoms. The van der Waals surface area contributed by atoms with Gasteiger partial charge in [0.05, 0.1) is 26.4 Å². The van der Waals surface area contributed by atoms with Crippen molar-refractivity contribution in [1.82, 2.24) is 0 Å². The molecule has 21 heavy (non-hydrogen) atoms. The number of phenolic OH excluding ortho intramolecular Hbond substituents is 1. The Bertz CT molecular complexity index is 722. The molecule has 2 amide bonds. The maximum absolute atomic E-state index is 11.8. The van der Waals surface area contributed by atoms with Crippen molar-refractivity contribution in [2.75, 3.05) is 4.90 Å². The third kappa shape index (κ3) is 2.99. The van der Waals surface area contributed by atoms with Crippen molar-refractivity contribution in [1.29, 1.82) is 0 Å². The second-order valence-electron chi connectivity index (χ2n) is 3.98. The van der Waals surface area contributed by atoms with Crippen LogP contribution in [0.15, 0.2) is 30.3 Å². The SMILES string of the molecule is NC(=O)N(c1ccc(Cl)c(Cl)c1O)c1cccc(Cl)c1Cl. The van der Waals surface area contributed by atoms with Crippen LogP contribution >= 0.6 is 46.4 Å². The van der Waals surface area contributed by atoms with E-state index in [0.29, 0.717) is 0 Å². The highest BCUT2D eigenvalue weighted by atomic mass is 35.5. The van der Waals surface area contributed by atoms with Gasteiger partial charge in [-0.3, -0.25) is 4.90 Å². The molecule has 110 valence electrons. The van der Waals surface area contributed by atoms with Crippen molar-refractivity contribution in [3.8, 4) is 5.75 Å². The van der Waals surface area contributed by atoms with E-state index in [0.717, 1.165) is 4.90 Å². The highest BCUT2D eigenvalue weighted by molar-refractivity contribution is 6.45. The zero-order valence-electron chi connectivity index (χ0n) is 10.3. The van der Waals surface area contributed by atoms with Gasteiger partial charge in [-0.15, -0.1) is 0 Å². The Kier molecular flexibility index (Phi) is 4.74. The maximum Gasteiger partial charge on any atom is 0.324 e. The summed E-state index contributed by atoms with van der Waals surface area (Å²) in [5.74, 6) is -0.390. The molecule has 3 N–H and O–H groups in total. The minimum absolute atomic E-state index is 0.0427. The van der Waals surface area contributed by atoms with Crippen molar-refractivity contribution in [3.63, 3.8) is 0 Å². The predicted molar refractivity (Wildman–Crippen MR) is 86.3 cm³/mol. The second-order valence-corrected chi connectivity index (χ2v) is 5.55. The number of phenols is 1. The number of urea groups is 1. The molecule has 2 aromatic rings. The van der Waals surface area contributed by atoms with E-state index in [9.17, 15) is 9.90 Å². The predicted octanol–water partition coefficient (Wildman–Crippen LogP) is 5.22. The first-order valence-corrected chi connectivity index (χ1v) is 7.06. The molecular weight excluding hydrogens is 358 g/mol. The molecule has 0 aromatic heterocycles. The first-order chi connectivity index (χ1) is 9.84. The summed E-state index contributed by atoms with van der Waals surface area (Å²) in [6, 6.07) is 6.63. The number of anilines is 2. The van der Waals surface area contributed by atoms with E-state index in [4.69, 9.17) is 52.1 Å². The first kappa shape index (κ1) is 16.0. The van der Waals surface area contributed by atoms with Gasteiger partial charge in [-0.2, -0.15) is 0 Å². The molecule has 8 heteroatoms. The lowest BCUT2D eigenvalue weighted by Crippen LogP contribution is -2.31. The van der Waals surface area contributed by atoms with Gasteiger partial charge in [0.2, 0.25) is 0 Å². The normalized spacial score (nSPS) is 10.5. The van der Waals surface area contributed by atoms with Gasteiger partial charge >= 0.3 is 6.03 Å². The van der Waals surface area contributed by atoms with Gasteiger partial charge in [-0.05, 0) is 24.3 Å². The zero-order valence-corrected chi connectivity index (χ0v) is 13.3. The number of primary amides is 1. The average Bonchev–Trinajstić information content (AvgIpc) is 2.43. The van der Waals surface area contributed by atoms with Crippen LogP contribution in [0.2, 0.25) is 20.1 Å². The number of hydrogen-bond donors (Lipinski definition) is 2. The summed E-state index contributed by atoms with van der Waals surface area (Å²) in [5.41, 5.74) is 5.63. The summed E-state index contributed by atoms with van der Waals surface area (Å²) in [6.45, 7) is 0. The topological polar surface area (TPSA) is 66.6 Å². The van der Waals surface area contributed by atoms with E-state index in [1.165, 1.54) is 18.2 Å². The molecule has 4 nitrogen and oxygen atoms in total. The molecule has 0 fully saturated rings. The highest BCUT2D eigenvalue weighted by Gasteiger charge is 2.24. The number of halogens is 4. The van der Waals surface area contributed by atoms with Gasteiger partial charge in [0, 0.05) is 0 Å². The van der Waals surface area contributed by atoms with Crippen LogP contribution in [0, 0.1) is 0 Å². The van der Waals surface area contributed by atoms with Gasteiger partial charge in [-0.1, -0.05) is 52.5 Å². The fourth-order valence-corrected chi connectivity index (χ4v) is 2.43. The average molecular weight is 366 g/mol. The molecule has 2 aromatic carbocycles. The molecule has 0 unspecified atom stereocenters. The monoisotopic (exact) mass is 364 g/mol. The van der Waals surface area contributed by atoms with E-state index < -0.39 is 6.03 Å². The second kappa shape index (κ2) is 6.20. The van der Waals surface area contributed by atoms with Crippen LogP contribution in [-0.4, -0.2) is 11.1 Å². The number of amides is 2. The van der Waals surface area contributed by atoms with Gasteiger partial charge in [0.25, 0.3) is 0 Å². The molecule has 0 radical (unpaired) electrons. The van der Waals surface area contributed by atoms with Crippen LogP contribution < -0.4 is 10.6 Å². The molecule has 0 aliphatic heterocycles. The number of nitrogens with two attached hydrogens (primary N) is 1. The number of aromatic hydroxyl groups is 1. The van der Waals surface area contributed by atoms with Gasteiger partial charge < -0.3 is 10.8 Å². The van der Waals surface area contributed by atoms with E-state index in [1.54, 1.807) is 12.1 Å². The van der Waals surface area contributed by atoms with Crippen LogP contribution in [0.25, 0.3) is 0 Å².